The lowest BCUT2D eigenvalue weighted by Crippen LogP contribution is -2.22. The number of hydrogen-bond acceptors (Lipinski definition) is 3. The summed E-state index contributed by atoms with van der Waals surface area (Å²) in [4.78, 5) is 23.4. The molecule has 0 aliphatic rings. The van der Waals surface area contributed by atoms with E-state index < -0.39 is 5.97 Å². The lowest BCUT2D eigenvalue weighted by Gasteiger charge is -2.06. The topological polar surface area (TPSA) is 55.4 Å². The predicted octanol–water partition coefficient (Wildman–Crippen LogP) is 2.66. The number of carbonyl (C=O) groups is 2. The lowest BCUT2D eigenvalue weighted by atomic mass is 10.2. The van der Waals surface area contributed by atoms with E-state index in [2.05, 4.69) is 5.32 Å². The van der Waals surface area contributed by atoms with Gasteiger partial charge >= 0.3 is 5.97 Å². The number of amides is 1. The van der Waals surface area contributed by atoms with Gasteiger partial charge in [0.05, 0.1) is 5.56 Å². The summed E-state index contributed by atoms with van der Waals surface area (Å²) in [5, 5.41) is 2.70. The molecule has 102 valence electrons. The van der Waals surface area contributed by atoms with Crippen molar-refractivity contribution in [2.24, 2.45) is 0 Å². The van der Waals surface area contributed by atoms with E-state index in [4.69, 9.17) is 4.74 Å². The van der Waals surface area contributed by atoms with Crippen LogP contribution in [0.1, 0.15) is 27.6 Å². The number of hydrogen-bond donors (Lipinski definition) is 1. The molecule has 0 aliphatic heterocycles. The van der Waals surface area contributed by atoms with Crippen LogP contribution in [0.2, 0.25) is 0 Å². The van der Waals surface area contributed by atoms with E-state index in [1.54, 1.807) is 48.5 Å². The zero-order chi connectivity index (χ0) is 14.4. The summed E-state index contributed by atoms with van der Waals surface area (Å²) in [6.45, 7) is 2.43. The molecule has 1 N–H and O–H groups in total. The van der Waals surface area contributed by atoms with Crippen LogP contribution in [-0.2, 0) is 0 Å². The first-order valence-electron chi connectivity index (χ1n) is 6.36. The summed E-state index contributed by atoms with van der Waals surface area (Å²) in [5.74, 6) is -0.156. The fourth-order valence-corrected chi connectivity index (χ4v) is 1.68. The van der Waals surface area contributed by atoms with Crippen molar-refractivity contribution in [1.29, 1.82) is 0 Å². The van der Waals surface area contributed by atoms with E-state index in [0.717, 1.165) is 0 Å². The van der Waals surface area contributed by atoms with Gasteiger partial charge in [-0.25, -0.2) is 4.79 Å². The van der Waals surface area contributed by atoms with Crippen molar-refractivity contribution < 1.29 is 14.3 Å². The van der Waals surface area contributed by atoms with Crippen molar-refractivity contribution >= 4 is 11.9 Å². The van der Waals surface area contributed by atoms with Gasteiger partial charge in [0.2, 0.25) is 0 Å². The number of benzene rings is 2. The van der Waals surface area contributed by atoms with Gasteiger partial charge < -0.3 is 10.1 Å². The Morgan fingerprint density at radius 2 is 1.60 bits per heavy atom. The Morgan fingerprint density at radius 1 is 0.950 bits per heavy atom. The molecule has 0 fully saturated rings. The average molecular weight is 269 g/mol. The Morgan fingerprint density at radius 3 is 2.20 bits per heavy atom. The highest BCUT2D eigenvalue weighted by Gasteiger charge is 2.09. The molecule has 0 unspecified atom stereocenters. The molecular weight excluding hydrogens is 254 g/mol. The summed E-state index contributed by atoms with van der Waals surface area (Å²) in [6, 6.07) is 15.2. The maximum atomic E-state index is 11.8. The van der Waals surface area contributed by atoms with Crippen LogP contribution in [-0.4, -0.2) is 18.4 Å². The van der Waals surface area contributed by atoms with Crippen molar-refractivity contribution in [3.8, 4) is 5.75 Å². The molecule has 2 aromatic carbocycles. The van der Waals surface area contributed by atoms with Crippen molar-refractivity contribution in [2.75, 3.05) is 6.54 Å². The van der Waals surface area contributed by atoms with Crippen LogP contribution in [0.4, 0.5) is 0 Å². The third-order valence-corrected chi connectivity index (χ3v) is 2.67. The van der Waals surface area contributed by atoms with Gasteiger partial charge in [0, 0.05) is 12.1 Å². The maximum Gasteiger partial charge on any atom is 0.343 e. The van der Waals surface area contributed by atoms with Crippen LogP contribution >= 0.6 is 0 Å². The second kappa shape index (κ2) is 6.52. The fourth-order valence-electron chi connectivity index (χ4n) is 1.68. The van der Waals surface area contributed by atoms with Crippen molar-refractivity contribution in [3.63, 3.8) is 0 Å². The van der Waals surface area contributed by atoms with Gasteiger partial charge in [-0.15, -0.1) is 0 Å². The van der Waals surface area contributed by atoms with Crippen LogP contribution in [0.5, 0.6) is 5.75 Å². The van der Waals surface area contributed by atoms with E-state index in [-0.39, 0.29) is 5.91 Å². The van der Waals surface area contributed by atoms with Crippen LogP contribution in [0, 0.1) is 0 Å². The lowest BCUT2D eigenvalue weighted by molar-refractivity contribution is 0.0734. The summed E-state index contributed by atoms with van der Waals surface area (Å²) in [5.41, 5.74) is 1.02. The van der Waals surface area contributed by atoms with Gasteiger partial charge in [0.15, 0.2) is 0 Å². The molecule has 0 aromatic heterocycles. The summed E-state index contributed by atoms with van der Waals surface area (Å²) in [6.07, 6.45) is 0. The van der Waals surface area contributed by atoms with Gasteiger partial charge in [-0.2, -0.15) is 0 Å². The average Bonchev–Trinajstić information content (AvgIpc) is 2.49. The molecule has 2 rings (SSSR count). The Balaban J connectivity index is 2.04. The van der Waals surface area contributed by atoms with Gasteiger partial charge in [0.1, 0.15) is 5.75 Å². The highest BCUT2D eigenvalue weighted by Crippen LogP contribution is 2.14. The van der Waals surface area contributed by atoms with Crippen LogP contribution in [0.3, 0.4) is 0 Å². The largest absolute Gasteiger partial charge is 0.423 e. The number of nitrogens with one attached hydrogen (secondary N) is 1. The third kappa shape index (κ3) is 3.45. The zero-order valence-corrected chi connectivity index (χ0v) is 11.1. The van der Waals surface area contributed by atoms with Crippen molar-refractivity contribution in [2.45, 2.75) is 6.92 Å². The number of ether oxygens (including phenoxy) is 1. The summed E-state index contributed by atoms with van der Waals surface area (Å²) < 4.78 is 5.22. The van der Waals surface area contributed by atoms with Crippen molar-refractivity contribution in [3.05, 3.63) is 65.7 Å². The predicted molar refractivity (Wildman–Crippen MR) is 75.8 cm³/mol. The van der Waals surface area contributed by atoms with Gasteiger partial charge in [-0.1, -0.05) is 18.2 Å². The van der Waals surface area contributed by atoms with E-state index in [1.807, 2.05) is 13.0 Å². The van der Waals surface area contributed by atoms with E-state index in [9.17, 15) is 9.59 Å². The zero-order valence-electron chi connectivity index (χ0n) is 11.1. The second-order valence-corrected chi connectivity index (χ2v) is 4.14. The Bertz CT molecular complexity index is 591. The summed E-state index contributed by atoms with van der Waals surface area (Å²) >= 11 is 0. The first-order valence-corrected chi connectivity index (χ1v) is 6.36. The fraction of sp³-hybridized carbons (Fsp3) is 0.125. The molecule has 0 radical (unpaired) electrons. The highest BCUT2D eigenvalue weighted by atomic mass is 16.5. The maximum absolute atomic E-state index is 11.8. The van der Waals surface area contributed by atoms with Crippen LogP contribution in [0.25, 0.3) is 0 Å². The molecule has 2 aromatic rings. The quantitative estimate of drug-likeness (QED) is 0.685. The Hall–Kier alpha value is -2.62. The van der Waals surface area contributed by atoms with Gasteiger partial charge in [-0.05, 0) is 43.3 Å². The first-order chi connectivity index (χ1) is 9.70. The standard InChI is InChI=1S/C16H15NO3/c1-2-17-15(18)12-8-10-14(11-9-12)20-16(19)13-6-4-3-5-7-13/h3-11H,2H2,1H3,(H,17,18). The molecule has 0 spiro atoms. The van der Waals surface area contributed by atoms with Gasteiger partial charge in [-0.3, -0.25) is 4.79 Å². The number of rotatable bonds is 4. The van der Waals surface area contributed by atoms with Gasteiger partial charge in [0.25, 0.3) is 5.91 Å². The number of esters is 1. The second-order valence-electron chi connectivity index (χ2n) is 4.14. The minimum absolute atomic E-state index is 0.145. The molecule has 0 atom stereocenters. The summed E-state index contributed by atoms with van der Waals surface area (Å²) in [7, 11) is 0. The molecule has 0 saturated carbocycles. The molecule has 0 saturated heterocycles. The molecule has 4 nitrogen and oxygen atoms in total. The SMILES string of the molecule is CCNC(=O)c1ccc(OC(=O)c2ccccc2)cc1. The Labute approximate surface area is 117 Å². The van der Waals surface area contributed by atoms with Crippen molar-refractivity contribution in [1.82, 2.24) is 5.32 Å². The third-order valence-electron chi connectivity index (χ3n) is 2.67. The number of carbonyl (C=O) groups excluding carboxylic acids is 2. The van der Waals surface area contributed by atoms with E-state index in [0.29, 0.717) is 23.4 Å². The highest BCUT2D eigenvalue weighted by molar-refractivity contribution is 5.94. The molecule has 1 amide bonds. The monoisotopic (exact) mass is 269 g/mol. The first kappa shape index (κ1) is 13.8. The minimum atomic E-state index is -0.420. The van der Waals surface area contributed by atoms with Crippen LogP contribution in [0.15, 0.2) is 54.6 Å². The smallest absolute Gasteiger partial charge is 0.343 e. The molecule has 4 heteroatoms. The van der Waals surface area contributed by atoms with Crippen LogP contribution < -0.4 is 10.1 Å². The molecule has 20 heavy (non-hydrogen) atoms. The van der Waals surface area contributed by atoms with E-state index in [1.165, 1.54) is 0 Å². The molecule has 0 aliphatic carbocycles. The van der Waals surface area contributed by atoms with E-state index >= 15 is 0 Å². The Kier molecular flexibility index (Phi) is 4.50. The molecular formula is C16H15NO3. The molecule has 0 bridgehead atoms. The molecule has 0 heterocycles. The minimum Gasteiger partial charge on any atom is -0.423 e. The normalized spacial score (nSPS) is 9.85.